The molecule has 0 fully saturated rings. The molecule has 192 valence electrons. The molecule has 35 heavy (non-hydrogen) atoms. The maximum Gasteiger partial charge on any atom is 0.306 e. The van der Waals surface area contributed by atoms with Gasteiger partial charge in [0.2, 0.25) is 11.8 Å². The third-order valence-corrected chi connectivity index (χ3v) is 7.13. The molecule has 3 N–H and O–H groups in total. The Bertz CT molecular complexity index is 948. The van der Waals surface area contributed by atoms with E-state index >= 15 is 0 Å². The predicted octanol–water partition coefficient (Wildman–Crippen LogP) is 5.52. The quantitative estimate of drug-likeness (QED) is 0.337. The van der Waals surface area contributed by atoms with Gasteiger partial charge in [-0.1, -0.05) is 64.8 Å². The van der Waals surface area contributed by atoms with E-state index in [1.807, 2.05) is 33.1 Å². The number of carbonyl (C=O) groups excluding carboxylic acids is 2. The summed E-state index contributed by atoms with van der Waals surface area (Å²) in [5.74, 6) is -2.46. The second kappa shape index (κ2) is 13.4. The first-order valence-corrected chi connectivity index (χ1v) is 13.4. The molecule has 0 spiro atoms. The van der Waals surface area contributed by atoms with Crippen LogP contribution in [0.4, 0.5) is 0 Å². The molecule has 7 heteroatoms. The van der Waals surface area contributed by atoms with Crippen molar-refractivity contribution in [1.82, 2.24) is 10.6 Å². The lowest BCUT2D eigenvalue weighted by molar-refractivity contribution is -0.143. The van der Waals surface area contributed by atoms with Crippen LogP contribution in [0, 0.1) is 17.3 Å². The van der Waals surface area contributed by atoms with Gasteiger partial charge in [0.05, 0.1) is 5.92 Å². The van der Waals surface area contributed by atoms with Crippen molar-refractivity contribution in [3.05, 3.63) is 46.7 Å². The van der Waals surface area contributed by atoms with Crippen molar-refractivity contribution in [3.8, 4) is 11.1 Å². The van der Waals surface area contributed by atoms with Gasteiger partial charge in [0.15, 0.2) is 0 Å². The van der Waals surface area contributed by atoms with E-state index in [0.717, 1.165) is 24.0 Å². The van der Waals surface area contributed by atoms with E-state index in [4.69, 9.17) is 0 Å². The van der Waals surface area contributed by atoms with Gasteiger partial charge in [-0.3, -0.25) is 14.4 Å². The van der Waals surface area contributed by atoms with Crippen molar-refractivity contribution < 1.29 is 19.5 Å². The highest BCUT2D eigenvalue weighted by Gasteiger charge is 2.35. The Morgan fingerprint density at radius 3 is 2.17 bits per heavy atom. The number of carbonyl (C=O) groups is 3. The molecule has 2 aromatic rings. The number of amides is 2. The molecule has 1 aromatic carbocycles. The molecule has 3 atom stereocenters. The molecule has 0 saturated heterocycles. The van der Waals surface area contributed by atoms with E-state index < -0.39 is 29.3 Å². The average Bonchev–Trinajstić information content (AvgIpc) is 3.36. The fourth-order valence-electron chi connectivity index (χ4n) is 4.21. The number of benzene rings is 1. The molecule has 0 aliphatic carbocycles. The van der Waals surface area contributed by atoms with Crippen LogP contribution in [-0.4, -0.2) is 36.0 Å². The standard InChI is InChI=1S/C28H40N2O4S/c1-6-7-8-22(27(33)34)17-21(25(31)30-24(26(32)29-5)28(2,3)4)14-11-19-9-12-20(13-10-19)23-15-16-35-18-23/h9-10,12-13,15-16,18,21-22,24H,6-8,11,14,17H2,1-5H3,(H,29,32)(H,30,31)(H,33,34)/t21-,22+,24-/m1/s1. The maximum atomic E-state index is 13.4. The second-order valence-electron chi connectivity index (χ2n) is 10.3. The van der Waals surface area contributed by atoms with Crippen molar-refractivity contribution >= 4 is 29.1 Å². The maximum absolute atomic E-state index is 13.4. The minimum atomic E-state index is -0.866. The highest BCUT2D eigenvalue weighted by atomic mass is 32.1. The Morgan fingerprint density at radius 2 is 1.66 bits per heavy atom. The van der Waals surface area contributed by atoms with Crippen LogP contribution in [0.15, 0.2) is 41.1 Å². The highest BCUT2D eigenvalue weighted by Crippen LogP contribution is 2.27. The Balaban J connectivity index is 2.19. The Hall–Kier alpha value is -2.67. The van der Waals surface area contributed by atoms with Gasteiger partial charge >= 0.3 is 5.97 Å². The molecule has 0 radical (unpaired) electrons. The lowest BCUT2D eigenvalue weighted by Gasteiger charge is -2.31. The van der Waals surface area contributed by atoms with E-state index in [1.54, 1.807) is 18.4 Å². The summed E-state index contributed by atoms with van der Waals surface area (Å²) in [6, 6.07) is 9.67. The van der Waals surface area contributed by atoms with Crippen LogP contribution in [0.25, 0.3) is 11.1 Å². The molecule has 2 amide bonds. The van der Waals surface area contributed by atoms with Gasteiger partial charge in [0, 0.05) is 13.0 Å². The van der Waals surface area contributed by atoms with E-state index in [9.17, 15) is 19.5 Å². The topological polar surface area (TPSA) is 95.5 Å². The van der Waals surface area contributed by atoms with Crippen molar-refractivity contribution in [3.63, 3.8) is 0 Å². The summed E-state index contributed by atoms with van der Waals surface area (Å²) in [6.07, 6.45) is 3.69. The van der Waals surface area contributed by atoms with Gasteiger partial charge in [-0.25, -0.2) is 0 Å². The van der Waals surface area contributed by atoms with Crippen LogP contribution < -0.4 is 10.6 Å². The number of nitrogens with one attached hydrogen (secondary N) is 2. The first-order chi connectivity index (χ1) is 16.6. The first-order valence-electron chi connectivity index (χ1n) is 12.4. The second-order valence-corrected chi connectivity index (χ2v) is 11.1. The van der Waals surface area contributed by atoms with Gasteiger partial charge < -0.3 is 15.7 Å². The molecule has 0 bridgehead atoms. The molecule has 1 aromatic heterocycles. The largest absolute Gasteiger partial charge is 0.481 e. The molecule has 2 rings (SSSR count). The molecule has 0 aliphatic heterocycles. The fraction of sp³-hybridized carbons (Fsp3) is 0.536. The number of carboxylic acid groups (broad SMARTS) is 1. The molecular formula is C28H40N2O4S. The number of rotatable bonds is 13. The number of likely N-dealkylation sites (N-methyl/N-ethyl adjacent to an activating group) is 1. The molecular weight excluding hydrogens is 460 g/mol. The van der Waals surface area contributed by atoms with E-state index in [-0.39, 0.29) is 18.2 Å². The van der Waals surface area contributed by atoms with Gasteiger partial charge in [0.25, 0.3) is 0 Å². The van der Waals surface area contributed by atoms with Crippen LogP contribution >= 0.6 is 11.3 Å². The van der Waals surface area contributed by atoms with Gasteiger partial charge in [-0.15, -0.1) is 0 Å². The van der Waals surface area contributed by atoms with Crippen LogP contribution in [-0.2, 0) is 20.8 Å². The minimum absolute atomic E-state index is 0.255. The summed E-state index contributed by atoms with van der Waals surface area (Å²) in [5, 5.41) is 19.5. The third kappa shape index (κ3) is 8.80. The Kier molecular flexibility index (Phi) is 11.0. The Labute approximate surface area is 213 Å². The number of carboxylic acids is 1. The first kappa shape index (κ1) is 28.6. The normalized spacial score (nSPS) is 14.1. The summed E-state index contributed by atoms with van der Waals surface area (Å²) in [5.41, 5.74) is 2.95. The average molecular weight is 501 g/mol. The summed E-state index contributed by atoms with van der Waals surface area (Å²) in [7, 11) is 1.55. The van der Waals surface area contributed by atoms with Crippen molar-refractivity contribution in [2.45, 2.75) is 72.3 Å². The van der Waals surface area contributed by atoms with Gasteiger partial charge in [-0.05, 0) is 64.6 Å². The predicted molar refractivity (Wildman–Crippen MR) is 142 cm³/mol. The highest BCUT2D eigenvalue weighted by molar-refractivity contribution is 7.08. The number of thiophene rings is 1. The zero-order valence-electron chi connectivity index (χ0n) is 21.6. The lowest BCUT2D eigenvalue weighted by Crippen LogP contribution is -2.54. The number of unbranched alkanes of at least 4 members (excludes halogenated alkanes) is 1. The summed E-state index contributed by atoms with van der Waals surface area (Å²) >= 11 is 1.66. The molecule has 0 aliphatic rings. The molecule has 1 heterocycles. The SMILES string of the molecule is CCCC[C@@H](C[C@@H](CCc1ccc(-c2ccsc2)cc1)C(=O)N[C@H](C(=O)NC)C(C)(C)C)C(=O)O. The summed E-state index contributed by atoms with van der Waals surface area (Å²) in [4.78, 5) is 37.8. The molecule has 0 saturated carbocycles. The third-order valence-electron chi connectivity index (χ3n) is 6.45. The van der Waals surface area contributed by atoms with E-state index in [2.05, 4.69) is 46.3 Å². The number of hydrogen-bond donors (Lipinski definition) is 3. The zero-order chi connectivity index (χ0) is 26.0. The number of aliphatic carboxylic acids is 1. The number of aryl methyl sites for hydroxylation is 1. The van der Waals surface area contributed by atoms with Crippen molar-refractivity contribution in [1.29, 1.82) is 0 Å². The van der Waals surface area contributed by atoms with Crippen molar-refractivity contribution in [2.75, 3.05) is 7.05 Å². The van der Waals surface area contributed by atoms with Crippen LogP contribution in [0.2, 0.25) is 0 Å². The Morgan fingerprint density at radius 1 is 0.971 bits per heavy atom. The van der Waals surface area contributed by atoms with Crippen LogP contribution in [0.5, 0.6) is 0 Å². The van der Waals surface area contributed by atoms with Crippen LogP contribution in [0.1, 0.15) is 65.4 Å². The zero-order valence-corrected chi connectivity index (χ0v) is 22.4. The minimum Gasteiger partial charge on any atom is -0.481 e. The van der Waals surface area contributed by atoms with Gasteiger partial charge in [0.1, 0.15) is 6.04 Å². The molecule has 6 nitrogen and oxygen atoms in total. The fourth-order valence-corrected chi connectivity index (χ4v) is 4.87. The smallest absolute Gasteiger partial charge is 0.306 e. The van der Waals surface area contributed by atoms with Gasteiger partial charge in [-0.2, -0.15) is 11.3 Å². The summed E-state index contributed by atoms with van der Waals surface area (Å²) < 4.78 is 0. The monoisotopic (exact) mass is 500 g/mol. The lowest BCUT2D eigenvalue weighted by atomic mass is 9.83. The van der Waals surface area contributed by atoms with Crippen molar-refractivity contribution in [2.24, 2.45) is 17.3 Å². The van der Waals surface area contributed by atoms with E-state index in [1.165, 1.54) is 5.56 Å². The molecule has 0 unspecified atom stereocenters. The number of hydrogen-bond acceptors (Lipinski definition) is 4. The van der Waals surface area contributed by atoms with Crippen LogP contribution in [0.3, 0.4) is 0 Å². The summed E-state index contributed by atoms with van der Waals surface area (Å²) in [6.45, 7) is 7.73. The van der Waals surface area contributed by atoms with E-state index in [0.29, 0.717) is 19.3 Å².